The van der Waals surface area contributed by atoms with Gasteiger partial charge in [0.05, 0.1) is 0 Å². The molecule has 0 aliphatic rings. The third kappa shape index (κ3) is 3.36. The first-order valence-corrected chi connectivity index (χ1v) is 4.19. The molecule has 0 radical (unpaired) electrons. The molecular formula is C4H9ClO2P+. The monoisotopic (exact) mass is 155 g/mol. The van der Waals surface area contributed by atoms with Crippen LogP contribution in [0.3, 0.4) is 0 Å². The molecule has 0 fully saturated rings. The second-order valence-corrected chi connectivity index (χ2v) is 3.59. The van der Waals surface area contributed by atoms with E-state index >= 15 is 0 Å². The quantitative estimate of drug-likeness (QED) is 0.501. The highest BCUT2D eigenvalue weighted by molar-refractivity contribution is 7.41. The minimum atomic E-state index is -2.15. The zero-order valence-electron chi connectivity index (χ0n) is 4.67. The van der Waals surface area contributed by atoms with Crippen LogP contribution < -0.4 is 0 Å². The Hall–Kier alpha value is 0.350. The third-order valence-electron chi connectivity index (χ3n) is 0.767. The molecule has 0 saturated carbocycles. The molecule has 0 amide bonds. The Morgan fingerprint density at radius 1 is 1.88 bits per heavy atom. The van der Waals surface area contributed by atoms with Crippen molar-refractivity contribution in [3.63, 3.8) is 0 Å². The molecule has 8 heavy (non-hydrogen) atoms. The average Bonchev–Trinajstić information content (AvgIpc) is 1.67. The highest BCUT2D eigenvalue weighted by Gasteiger charge is 2.23. The molecule has 0 rings (SSSR count). The van der Waals surface area contributed by atoms with Gasteiger partial charge in [-0.2, -0.15) is 4.89 Å². The molecule has 0 saturated heterocycles. The van der Waals surface area contributed by atoms with Gasteiger partial charge in [0.15, 0.2) is 0 Å². The Kier molecular flexibility index (Phi) is 4.44. The summed E-state index contributed by atoms with van der Waals surface area (Å²) in [7, 11) is -2.15. The summed E-state index contributed by atoms with van der Waals surface area (Å²) in [6.07, 6.45) is 1.48. The zero-order valence-corrected chi connectivity index (χ0v) is 6.32. The van der Waals surface area contributed by atoms with E-state index in [4.69, 9.17) is 16.5 Å². The minimum Gasteiger partial charge on any atom is -0.160 e. The SMILES string of the molecule is CCCC(Cl)[P+](=O)O. The molecular weight excluding hydrogens is 146 g/mol. The maximum Gasteiger partial charge on any atom is 0.524 e. The van der Waals surface area contributed by atoms with Crippen molar-refractivity contribution in [3.05, 3.63) is 0 Å². The summed E-state index contributed by atoms with van der Waals surface area (Å²) in [5, 5.41) is -0.546. The molecule has 4 heteroatoms. The second-order valence-electron chi connectivity index (χ2n) is 1.53. The topological polar surface area (TPSA) is 37.3 Å². The summed E-state index contributed by atoms with van der Waals surface area (Å²) in [5.41, 5.74) is 0. The van der Waals surface area contributed by atoms with E-state index in [2.05, 4.69) is 0 Å². The first kappa shape index (κ1) is 8.35. The van der Waals surface area contributed by atoms with Crippen molar-refractivity contribution in [1.82, 2.24) is 0 Å². The summed E-state index contributed by atoms with van der Waals surface area (Å²) in [6, 6.07) is 0. The third-order valence-corrected chi connectivity index (χ3v) is 2.22. The van der Waals surface area contributed by atoms with Crippen molar-refractivity contribution in [1.29, 1.82) is 0 Å². The Labute approximate surface area is 54.7 Å². The predicted octanol–water partition coefficient (Wildman–Crippen LogP) is 2.09. The lowest BCUT2D eigenvalue weighted by Crippen LogP contribution is -1.88. The van der Waals surface area contributed by atoms with Gasteiger partial charge >= 0.3 is 8.03 Å². The van der Waals surface area contributed by atoms with Crippen molar-refractivity contribution in [2.24, 2.45) is 0 Å². The first-order chi connectivity index (χ1) is 3.68. The van der Waals surface area contributed by atoms with E-state index in [1.165, 1.54) is 0 Å². The summed E-state index contributed by atoms with van der Waals surface area (Å²) >= 11 is 5.38. The van der Waals surface area contributed by atoms with Crippen LogP contribution in [0.2, 0.25) is 0 Å². The highest BCUT2D eigenvalue weighted by Crippen LogP contribution is 2.29. The number of hydrogen-bond donors (Lipinski definition) is 1. The highest BCUT2D eigenvalue weighted by atomic mass is 35.5. The largest absolute Gasteiger partial charge is 0.524 e. The van der Waals surface area contributed by atoms with Crippen LogP contribution in [0.15, 0.2) is 0 Å². The molecule has 0 heterocycles. The zero-order chi connectivity index (χ0) is 6.57. The molecule has 0 spiro atoms. The fourth-order valence-corrected chi connectivity index (χ4v) is 1.05. The van der Waals surface area contributed by atoms with Gasteiger partial charge in [-0.05, 0) is 4.57 Å². The van der Waals surface area contributed by atoms with Crippen molar-refractivity contribution in [2.45, 2.75) is 24.9 Å². The fourth-order valence-electron chi connectivity index (χ4n) is 0.349. The molecule has 2 nitrogen and oxygen atoms in total. The van der Waals surface area contributed by atoms with Gasteiger partial charge in [-0.15, -0.1) is 0 Å². The van der Waals surface area contributed by atoms with Crippen LogP contribution in [-0.4, -0.2) is 10.0 Å². The lowest BCUT2D eigenvalue weighted by molar-refractivity contribution is 0.496. The summed E-state index contributed by atoms with van der Waals surface area (Å²) < 4.78 is 10.1. The molecule has 0 aliphatic carbocycles. The van der Waals surface area contributed by atoms with Crippen molar-refractivity contribution in [2.75, 3.05) is 0 Å². The van der Waals surface area contributed by atoms with Gasteiger partial charge in [0.1, 0.15) is 0 Å². The van der Waals surface area contributed by atoms with Gasteiger partial charge in [0.2, 0.25) is 0 Å². The second kappa shape index (κ2) is 4.25. The van der Waals surface area contributed by atoms with Gasteiger partial charge in [-0.25, -0.2) is 0 Å². The van der Waals surface area contributed by atoms with Gasteiger partial charge in [0, 0.05) is 6.42 Å². The molecule has 48 valence electrons. The molecule has 2 unspecified atom stereocenters. The smallest absolute Gasteiger partial charge is 0.160 e. The lowest BCUT2D eigenvalue weighted by atomic mass is 10.4. The maximum atomic E-state index is 10.1. The summed E-state index contributed by atoms with van der Waals surface area (Å²) in [4.78, 5) is 8.33. The molecule has 0 aromatic heterocycles. The van der Waals surface area contributed by atoms with Crippen molar-refractivity contribution >= 4 is 19.6 Å². The van der Waals surface area contributed by atoms with Crippen LogP contribution in [0.4, 0.5) is 0 Å². The van der Waals surface area contributed by atoms with Crippen LogP contribution in [0.1, 0.15) is 19.8 Å². The van der Waals surface area contributed by atoms with E-state index in [0.717, 1.165) is 6.42 Å². The number of halogens is 1. The van der Waals surface area contributed by atoms with Gasteiger partial charge < -0.3 is 0 Å². The Bertz CT molecular complexity index is 86.1. The number of rotatable bonds is 3. The van der Waals surface area contributed by atoms with Crippen molar-refractivity contribution in [3.8, 4) is 0 Å². The molecule has 0 aromatic carbocycles. The first-order valence-electron chi connectivity index (χ1n) is 2.47. The van der Waals surface area contributed by atoms with Gasteiger partial charge in [-0.1, -0.05) is 24.9 Å². The standard InChI is InChI=1S/C4H8ClO2P/c1-2-3-4(5)8(6)7/h4H,2-3H2,1H3/p+1. The van der Waals surface area contributed by atoms with E-state index in [1.807, 2.05) is 6.92 Å². The number of alkyl halides is 1. The van der Waals surface area contributed by atoms with Crippen LogP contribution in [0.25, 0.3) is 0 Å². The summed E-state index contributed by atoms with van der Waals surface area (Å²) in [6.45, 7) is 1.92. The lowest BCUT2D eigenvalue weighted by Gasteiger charge is -1.87. The van der Waals surface area contributed by atoms with Gasteiger partial charge in [0.25, 0.3) is 5.12 Å². The molecule has 0 aromatic rings. The molecule has 0 aliphatic heterocycles. The predicted molar refractivity (Wildman–Crippen MR) is 34.4 cm³/mol. The van der Waals surface area contributed by atoms with Gasteiger partial charge in [-0.3, -0.25) is 0 Å². The normalized spacial score (nSPS) is 15.6. The average molecular weight is 156 g/mol. The van der Waals surface area contributed by atoms with E-state index in [1.54, 1.807) is 0 Å². The van der Waals surface area contributed by atoms with E-state index in [-0.39, 0.29) is 0 Å². The molecule has 1 N–H and O–H groups in total. The Balaban J connectivity index is 3.32. The number of hydrogen-bond acceptors (Lipinski definition) is 1. The molecule has 2 atom stereocenters. The Morgan fingerprint density at radius 2 is 2.38 bits per heavy atom. The van der Waals surface area contributed by atoms with E-state index in [0.29, 0.717) is 6.42 Å². The van der Waals surface area contributed by atoms with E-state index in [9.17, 15) is 4.57 Å². The maximum absolute atomic E-state index is 10.1. The van der Waals surface area contributed by atoms with Crippen LogP contribution in [-0.2, 0) is 4.57 Å². The van der Waals surface area contributed by atoms with Crippen LogP contribution >= 0.6 is 19.6 Å². The van der Waals surface area contributed by atoms with Crippen LogP contribution in [0.5, 0.6) is 0 Å². The summed E-state index contributed by atoms with van der Waals surface area (Å²) in [5.74, 6) is 0. The minimum absolute atomic E-state index is 0.546. The van der Waals surface area contributed by atoms with E-state index < -0.39 is 13.1 Å². The Morgan fingerprint density at radius 3 is 2.50 bits per heavy atom. The van der Waals surface area contributed by atoms with Crippen molar-refractivity contribution < 1.29 is 9.46 Å². The van der Waals surface area contributed by atoms with Crippen LogP contribution in [0, 0.1) is 0 Å². The fraction of sp³-hybridized carbons (Fsp3) is 1.00. The molecule has 0 bridgehead atoms.